The summed E-state index contributed by atoms with van der Waals surface area (Å²) in [5.74, 6) is 0.290. The number of sulfonamides is 1. The summed E-state index contributed by atoms with van der Waals surface area (Å²) in [6.45, 7) is 5.89. The Kier molecular flexibility index (Phi) is 3.93. The molecule has 3 atom stereocenters. The van der Waals surface area contributed by atoms with E-state index >= 15 is 0 Å². The SMILES string of the molecule is C=CC1CCCC2CCC1N2S(=O)(=O)c1ccc(C)cc1. The maximum absolute atomic E-state index is 13.1. The molecule has 0 radical (unpaired) electrons. The van der Waals surface area contributed by atoms with Crippen molar-refractivity contribution < 1.29 is 8.42 Å². The van der Waals surface area contributed by atoms with Gasteiger partial charge in [-0.25, -0.2) is 8.42 Å². The second-order valence-corrected chi connectivity index (χ2v) is 8.12. The quantitative estimate of drug-likeness (QED) is 0.802. The smallest absolute Gasteiger partial charge is 0.207 e. The monoisotopic (exact) mass is 305 g/mol. The van der Waals surface area contributed by atoms with Gasteiger partial charge in [-0.1, -0.05) is 30.2 Å². The van der Waals surface area contributed by atoms with E-state index in [1.165, 1.54) is 0 Å². The molecular formula is C17H23NO2S. The van der Waals surface area contributed by atoms with Crippen molar-refractivity contribution in [1.29, 1.82) is 0 Å². The van der Waals surface area contributed by atoms with Gasteiger partial charge in [0.05, 0.1) is 4.90 Å². The molecule has 0 saturated carbocycles. The predicted molar refractivity (Wildman–Crippen MR) is 84.6 cm³/mol. The highest BCUT2D eigenvalue weighted by atomic mass is 32.2. The number of benzene rings is 1. The minimum Gasteiger partial charge on any atom is -0.207 e. The molecule has 3 unspecified atom stereocenters. The van der Waals surface area contributed by atoms with Crippen LogP contribution in [0, 0.1) is 12.8 Å². The van der Waals surface area contributed by atoms with Crippen LogP contribution in [0.15, 0.2) is 41.8 Å². The van der Waals surface area contributed by atoms with Gasteiger partial charge in [0.2, 0.25) is 10.0 Å². The maximum Gasteiger partial charge on any atom is 0.243 e. The molecule has 3 nitrogen and oxygen atoms in total. The number of rotatable bonds is 3. The molecule has 1 aromatic rings. The summed E-state index contributed by atoms with van der Waals surface area (Å²) in [4.78, 5) is 0.426. The van der Waals surface area contributed by atoms with E-state index in [0.29, 0.717) is 4.90 Å². The van der Waals surface area contributed by atoms with Crippen LogP contribution in [0.2, 0.25) is 0 Å². The highest BCUT2D eigenvalue weighted by Gasteiger charge is 2.45. The molecule has 2 saturated heterocycles. The third kappa shape index (κ3) is 2.55. The van der Waals surface area contributed by atoms with Gasteiger partial charge >= 0.3 is 0 Å². The van der Waals surface area contributed by atoms with E-state index < -0.39 is 10.0 Å². The molecule has 2 fully saturated rings. The molecule has 0 N–H and O–H groups in total. The number of aryl methyl sites for hydroxylation is 1. The van der Waals surface area contributed by atoms with Gasteiger partial charge in [0, 0.05) is 12.1 Å². The third-order valence-electron chi connectivity index (χ3n) is 4.95. The zero-order valence-electron chi connectivity index (χ0n) is 12.5. The minimum absolute atomic E-state index is 0.0984. The lowest BCUT2D eigenvalue weighted by Gasteiger charge is -2.30. The fourth-order valence-electron chi connectivity index (χ4n) is 3.83. The van der Waals surface area contributed by atoms with Gasteiger partial charge in [-0.3, -0.25) is 0 Å². The molecule has 1 aromatic carbocycles. The van der Waals surface area contributed by atoms with E-state index in [4.69, 9.17) is 0 Å². The van der Waals surface area contributed by atoms with Gasteiger partial charge < -0.3 is 0 Å². The van der Waals surface area contributed by atoms with Crippen LogP contribution >= 0.6 is 0 Å². The topological polar surface area (TPSA) is 37.4 Å². The Balaban J connectivity index is 2.00. The third-order valence-corrected chi connectivity index (χ3v) is 6.94. The van der Waals surface area contributed by atoms with Crippen LogP contribution in [0.4, 0.5) is 0 Å². The van der Waals surface area contributed by atoms with Gasteiger partial charge in [-0.05, 0) is 50.7 Å². The normalized spacial score (nSPS) is 30.0. The lowest BCUT2D eigenvalue weighted by molar-refractivity contribution is 0.295. The molecule has 2 aliphatic rings. The summed E-state index contributed by atoms with van der Waals surface area (Å²) in [5.41, 5.74) is 1.08. The van der Waals surface area contributed by atoms with Crippen LogP contribution in [-0.4, -0.2) is 24.8 Å². The van der Waals surface area contributed by atoms with Crippen LogP contribution in [0.1, 0.15) is 37.7 Å². The Morgan fingerprint density at radius 3 is 2.52 bits per heavy atom. The molecule has 0 aromatic heterocycles. The number of hydrogen-bond donors (Lipinski definition) is 0. The van der Waals surface area contributed by atoms with Crippen molar-refractivity contribution in [3.8, 4) is 0 Å². The van der Waals surface area contributed by atoms with Crippen molar-refractivity contribution >= 4 is 10.0 Å². The average Bonchev–Trinajstić information content (AvgIpc) is 2.77. The molecule has 3 rings (SSSR count). The van der Waals surface area contributed by atoms with Crippen LogP contribution in [0.3, 0.4) is 0 Å². The van der Waals surface area contributed by atoms with Crippen molar-refractivity contribution in [2.75, 3.05) is 0 Å². The van der Waals surface area contributed by atoms with Crippen molar-refractivity contribution in [1.82, 2.24) is 4.31 Å². The van der Waals surface area contributed by atoms with Gasteiger partial charge in [0.15, 0.2) is 0 Å². The van der Waals surface area contributed by atoms with Crippen molar-refractivity contribution in [3.63, 3.8) is 0 Å². The van der Waals surface area contributed by atoms with E-state index in [1.807, 2.05) is 25.1 Å². The Labute approximate surface area is 127 Å². The van der Waals surface area contributed by atoms with Crippen molar-refractivity contribution in [3.05, 3.63) is 42.5 Å². The number of hydrogen-bond acceptors (Lipinski definition) is 2. The first-order valence-corrected chi connectivity index (χ1v) is 9.21. The molecule has 2 heterocycles. The molecule has 114 valence electrons. The molecule has 0 aliphatic carbocycles. The fraction of sp³-hybridized carbons (Fsp3) is 0.529. The van der Waals surface area contributed by atoms with E-state index in [1.54, 1.807) is 16.4 Å². The van der Waals surface area contributed by atoms with Crippen molar-refractivity contribution in [2.45, 2.75) is 56.0 Å². The molecule has 0 amide bonds. The predicted octanol–water partition coefficient (Wildman–Crippen LogP) is 3.50. The first-order valence-electron chi connectivity index (χ1n) is 7.77. The Bertz CT molecular complexity index is 621. The van der Waals surface area contributed by atoms with Gasteiger partial charge in [0.1, 0.15) is 0 Å². The van der Waals surface area contributed by atoms with Crippen LogP contribution < -0.4 is 0 Å². The molecule has 21 heavy (non-hydrogen) atoms. The summed E-state index contributed by atoms with van der Waals surface area (Å²) in [5, 5.41) is 0. The van der Waals surface area contributed by atoms with Crippen LogP contribution in [0.5, 0.6) is 0 Å². The Morgan fingerprint density at radius 1 is 1.14 bits per heavy atom. The van der Waals surface area contributed by atoms with Crippen molar-refractivity contribution in [2.24, 2.45) is 5.92 Å². The van der Waals surface area contributed by atoms with E-state index in [-0.39, 0.29) is 18.0 Å². The lowest BCUT2D eigenvalue weighted by atomic mass is 9.91. The second-order valence-electron chi connectivity index (χ2n) is 6.28. The summed E-state index contributed by atoms with van der Waals surface area (Å²) in [6.07, 6.45) is 7.04. The summed E-state index contributed by atoms with van der Waals surface area (Å²) in [6, 6.07) is 7.48. The summed E-state index contributed by atoms with van der Waals surface area (Å²) < 4.78 is 27.9. The first kappa shape index (κ1) is 14.8. The highest BCUT2D eigenvalue weighted by molar-refractivity contribution is 7.89. The molecule has 4 heteroatoms. The highest BCUT2D eigenvalue weighted by Crippen LogP contribution is 2.41. The Hall–Kier alpha value is -1.13. The summed E-state index contributed by atoms with van der Waals surface area (Å²) >= 11 is 0. The largest absolute Gasteiger partial charge is 0.243 e. The number of nitrogens with zero attached hydrogens (tertiary/aromatic N) is 1. The van der Waals surface area contributed by atoms with Crippen LogP contribution in [-0.2, 0) is 10.0 Å². The summed E-state index contributed by atoms with van der Waals surface area (Å²) in [7, 11) is -3.40. The van der Waals surface area contributed by atoms with Gasteiger partial charge in [0.25, 0.3) is 0 Å². The number of fused-ring (bicyclic) bond motifs is 2. The fourth-order valence-corrected chi connectivity index (χ4v) is 5.77. The lowest BCUT2D eigenvalue weighted by Crippen LogP contribution is -2.42. The molecule has 2 bridgehead atoms. The van der Waals surface area contributed by atoms with E-state index in [2.05, 4.69) is 6.58 Å². The maximum atomic E-state index is 13.1. The minimum atomic E-state index is -3.40. The van der Waals surface area contributed by atoms with Gasteiger partial charge in [-0.2, -0.15) is 4.31 Å². The van der Waals surface area contributed by atoms with E-state index in [9.17, 15) is 8.42 Å². The standard InChI is InChI=1S/C17H23NO2S/c1-3-14-5-4-6-15-9-12-17(14)18(15)21(19,20)16-10-7-13(2)8-11-16/h3,7-8,10-11,14-15,17H,1,4-6,9,12H2,2H3. The molecule has 0 spiro atoms. The zero-order valence-corrected chi connectivity index (χ0v) is 13.3. The van der Waals surface area contributed by atoms with E-state index in [0.717, 1.165) is 37.7 Å². The molecular weight excluding hydrogens is 282 g/mol. The average molecular weight is 305 g/mol. The molecule has 2 aliphatic heterocycles. The van der Waals surface area contributed by atoms with Gasteiger partial charge in [-0.15, -0.1) is 6.58 Å². The second kappa shape index (κ2) is 5.58. The Morgan fingerprint density at radius 2 is 1.86 bits per heavy atom. The zero-order chi connectivity index (χ0) is 15.0. The van der Waals surface area contributed by atoms with Crippen LogP contribution in [0.25, 0.3) is 0 Å². The first-order chi connectivity index (χ1) is 10.0.